The predicted octanol–water partition coefficient (Wildman–Crippen LogP) is 4.55. The number of nitrogens with zero attached hydrogens (tertiary/aromatic N) is 1. The minimum atomic E-state index is -4.42. The zero-order chi connectivity index (χ0) is 19.9. The van der Waals surface area contributed by atoms with E-state index >= 15 is 0 Å². The van der Waals surface area contributed by atoms with Gasteiger partial charge in [-0.3, -0.25) is 9.89 Å². The number of ether oxygens (including phenoxy) is 2. The number of nitrogens with one attached hydrogen (secondary N) is 1. The smallest absolute Gasteiger partial charge is 0.416 e. The zero-order valence-corrected chi connectivity index (χ0v) is 14.7. The van der Waals surface area contributed by atoms with Gasteiger partial charge in [0.1, 0.15) is 5.75 Å². The molecule has 0 fully saturated rings. The van der Waals surface area contributed by atoms with Crippen molar-refractivity contribution in [3.63, 3.8) is 0 Å². The number of esters is 1. The Morgan fingerprint density at radius 1 is 1.11 bits per heavy atom. The van der Waals surface area contributed by atoms with Gasteiger partial charge in [-0.1, -0.05) is 12.1 Å². The van der Waals surface area contributed by atoms with Gasteiger partial charge in [-0.25, -0.2) is 0 Å². The molecule has 3 aromatic rings. The number of methoxy groups -OCH3 is 1. The molecule has 1 unspecified atom stereocenters. The molecule has 8 heteroatoms. The van der Waals surface area contributed by atoms with Gasteiger partial charge in [0.15, 0.2) is 0 Å². The number of aromatic amines is 1. The summed E-state index contributed by atoms with van der Waals surface area (Å²) >= 11 is 0. The van der Waals surface area contributed by atoms with Crippen LogP contribution in [-0.2, 0) is 11.0 Å². The Labute approximate surface area is 158 Å². The molecule has 5 nitrogen and oxygen atoms in total. The van der Waals surface area contributed by atoms with Crippen LogP contribution in [0.2, 0.25) is 0 Å². The molecule has 1 aromatic heterocycles. The Balaban J connectivity index is 1.77. The molecule has 0 bridgehead atoms. The number of hydrogen-bond acceptors (Lipinski definition) is 4. The van der Waals surface area contributed by atoms with Gasteiger partial charge < -0.3 is 9.47 Å². The summed E-state index contributed by atoms with van der Waals surface area (Å²) in [6, 6.07) is 12.0. The van der Waals surface area contributed by atoms with Crippen molar-refractivity contribution >= 4 is 5.97 Å². The van der Waals surface area contributed by atoms with Gasteiger partial charge in [0.2, 0.25) is 5.88 Å². The van der Waals surface area contributed by atoms with E-state index in [4.69, 9.17) is 9.47 Å². The van der Waals surface area contributed by atoms with E-state index in [-0.39, 0.29) is 12.3 Å². The van der Waals surface area contributed by atoms with E-state index in [0.29, 0.717) is 22.6 Å². The number of H-pyrrole nitrogens is 1. The first-order valence-electron chi connectivity index (χ1n) is 8.47. The maximum atomic E-state index is 12.9. The van der Waals surface area contributed by atoms with E-state index in [1.54, 1.807) is 19.2 Å². The predicted molar refractivity (Wildman–Crippen MR) is 94.1 cm³/mol. The van der Waals surface area contributed by atoms with Gasteiger partial charge in [0, 0.05) is 11.5 Å². The van der Waals surface area contributed by atoms with Crippen LogP contribution in [0.15, 0.2) is 48.5 Å². The lowest BCUT2D eigenvalue weighted by molar-refractivity contribution is -0.138. The van der Waals surface area contributed by atoms with Gasteiger partial charge >= 0.3 is 12.1 Å². The lowest BCUT2D eigenvalue weighted by Crippen LogP contribution is -2.21. The van der Waals surface area contributed by atoms with E-state index in [0.717, 1.165) is 17.7 Å². The van der Waals surface area contributed by atoms with Crippen LogP contribution in [0.3, 0.4) is 0 Å². The van der Waals surface area contributed by atoms with E-state index < -0.39 is 23.6 Å². The van der Waals surface area contributed by atoms with Crippen LogP contribution in [0.1, 0.15) is 29.0 Å². The average Bonchev–Trinajstić information content (AvgIpc) is 3.10. The number of carbonyl (C=O) groups excluding carboxylic acids is 1. The molecule has 1 aliphatic rings. The molecule has 0 saturated heterocycles. The molecular weight excluding hydrogens is 373 g/mol. The summed E-state index contributed by atoms with van der Waals surface area (Å²) in [5.74, 6) is -0.116. The largest absolute Gasteiger partial charge is 0.497 e. The maximum Gasteiger partial charge on any atom is 0.416 e. The van der Waals surface area contributed by atoms with Crippen molar-refractivity contribution in [1.82, 2.24) is 10.2 Å². The van der Waals surface area contributed by atoms with Crippen LogP contribution >= 0.6 is 0 Å². The van der Waals surface area contributed by atoms with Gasteiger partial charge in [-0.2, -0.15) is 13.2 Å². The summed E-state index contributed by atoms with van der Waals surface area (Å²) < 4.78 is 49.0. The van der Waals surface area contributed by atoms with Crippen molar-refractivity contribution in [2.75, 3.05) is 7.11 Å². The molecule has 0 spiro atoms. The van der Waals surface area contributed by atoms with Crippen LogP contribution in [0, 0.1) is 0 Å². The Hall–Kier alpha value is -3.29. The van der Waals surface area contributed by atoms with Crippen molar-refractivity contribution in [2.45, 2.75) is 18.5 Å². The molecule has 28 heavy (non-hydrogen) atoms. The number of carbonyl (C=O) groups is 1. The number of benzene rings is 2. The summed E-state index contributed by atoms with van der Waals surface area (Å²) in [5, 5.41) is 6.96. The van der Waals surface area contributed by atoms with Crippen LogP contribution in [-0.4, -0.2) is 23.3 Å². The van der Waals surface area contributed by atoms with E-state index in [2.05, 4.69) is 10.2 Å². The van der Waals surface area contributed by atoms with Crippen molar-refractivity contribution in [2.24, 2.45) is 0 Å². The first-order valence-corrected chi connectivity index (χ1v) is 8.47. The molecule has 0 amide bonds. The molecule has 0 saturated carbocycles. The molecule has 1 atom stereocenters. The SMILES string of the molecule is COc1ccc(-c2[nH]nc3c2C(c2ccc(C(F)(F)F)cc2)CC(=O)O3)cc1. The highest BCUT2D eigenvalue weighted by Crippen LogP contribution is 2.43. The van der Waals surface area contributed by atoms with Crippen LogP contribution in [0.25, 0.3) is 11.3 Å². The van der Waals surface area contributed by atoms with Gasteiger partial charge in [0.05, 0.1) is 30.4 Å². The third-order valence-electron chi connectivity index (χ3n) is 4.72. The normalized spacial score (nSPS) is 16.4. The second-order valence-electron chi connectivity index (χ2n) is 6.40. The standard InChI is InChI=1S/C20H15F3N2O3/c1-27-14-8-4-12(5-9-14)18-17-15(10-16(26)28-19(17)25-24-18)11-2-6-13(7-3-11)20(21,22)23/h2-9,15H,10H2,1H3,(H,24,25). The van der Waals surface area contributed by atoms with Crippen molar-refractivity contribution < 1.29 is 27.4 Å². The minimum Gasteiger partial charge on any atom is -0.497 e. The van der Waals surface area contributed by atoms with Crippen LogP contribution < -0.4 is 9.47 Å². The van der Waals surface area contributed by atoms with Crippen molar-refractivity contribution in [3.8, 4) is 22.9 Å². The number of hydrogen-bond donors (Lipinski definition) is 1. The topological polar surface area (TPSA) is 64.2 Å². The maximum absolute atomic E-state index is 12.9. The summed E-state index contributed by atoms with van der Waals surface area (Å²) in [6.07, 6.45) is -4.40. The van der Waals surface area contributed by atoms with Crippen molar-refractivity contribution in [3.05, 3.63) is 65.2 Å². The quantitative estimate of drug-likeness (QED) is 0.669. The lowest BCUT2D eigenvalue weighted by Gasteiger charge is -2.23. The Bertz CT molecular complexity index is 1010. The monoisotopic (exact) mass is 388 g/mol. The Kier molecular flexibility index (Phi) is 4.33. The summed E-state index contributed by atoms with van der Waals surface area (Å²) in [6.45, 7) is 0. The molecule has 2 aromatic carbocycles. The Morgan fingerprint density at radius 2 is 1.79 bits per heavy atom. The average molecular weight is 388 g/mol. The van der Waals surface area contributed by atoms with Gasteiger partial charge in [-0.15, -0.1) is 5.10 Å². The molecule has 1 N–H and O–H groups in total. The fourth-order valence-electron chi connectivity index (χ4n) is 3.32. The molecule has 144 valence electrons. The first-order chi connectivity index (χ1) is 13.4. The van der Waals surface area contributed by atoms with Gasteiger partial charge in [-0.05, 0) is 42.0 Å². The molecule has 4 rings (SSSR count). The number of alkyl halides is 3. The van der Waals surface area contributed by atoms with Crippen LogP contribution in [0.4, 0.5) is 13.2 Å². The van der Waals surface area contributed by atoms with E-state index in [9.17, 15) is 18.0 Å². The van der Waals surface area contributed by atoms with Gasteiger partial charge in [0.25, 0.3) is 0 Å². The highest BCUT2D eigenvalue weighted by atomic mass is 19.4. The lowest BCUT2D eigenvalue weighted by atomic mass is 9.85. The highest BCUT2D eigenvalue weighted by Gasteiger charge is 2.35. The molecule has 0 aliphatic carbocycles. The fourth-order valence-corrected chi connectivity index (χ4v) is 3.32. The van der Waals surface area contributed by atoms with Crippen molar-refractivity contribution in [1.29, 1.82) is 0 Å². The van der Waals surface area contributed by atoms with E-state index in [1.807, 2.05) is 12.1 Å². The van der Waals surface area contributed by atoms with Crippen LogP contribution in [0.5, 0.6) is 11.6 Å². The second-order valence-corrected chi connectivity index (χ2v) is 6.40. The molecule has 2 heterocycles. The number of fused-ring (bicyclic) bond motifs is 1. The third kappa shape index (κ3) is 3.21. The number of halogens is 3. The zero-order valence-electron chi connectivity index (χ0n) is 14.7. The second kappa shape index (κ2) is 6.70. The number of rotatable bonds is 3. The van der Waals surface area contributed by atoms with E-state index in [1.165, 1.54) is 12.1 Å². The fraction of sp³-hybridized carbons (Fsp3) is 0.200. The molecular formula is C20H15F3N2O3. The Morgan fingerprint density at radius 3 is 2.39 bits per heavy atom. The summed E-state index contributed by atoms with van der Waals surface area (Å²) in [4.78, 5) is 12.0. The third-order valence-corrected chi connectivity index (χ3v) is 4.72. The first kappa shape index (κ1) is 18.1. The molecule has 0 radical (unpaired) electrons. The minimum absolute atomic E-state index is 0.0149. The summed E-state index contributed by atoms with van der Waals surface area (Å²) in [5.41, 5.74) is 1.93. The highest BCUT2D eigenvalue weighted by molar-refractivity contribution is 5.80. The number of aromatic nitrogens is 2. The molecule has 1 aliphatic heterocycles. The summed E-state index contributed by atoms with van der Waals surface area (Å²) in [7, 11) is 1.56.